The fraction of sp³-hybridized carbons (Fsp3) is 0.667. The zero-order valence-corrected chi connectivity index (χ0v) is 11.9. The molecular formula is C12H24O2Si. The van der Waals surface area contributed by atoms with Crippen LogP contribution in [0.1, 0.15) is 27.7 Å². The predicted molar refractivity (Wildman–Crippen MR) is 68.2 cm³/mol. The molecule has 0 N–H and O–H groups in total. The van der Waals surface area contributed by atoms with Crippen LogP contribution in [0.3, 0.4) is 0 Å². The Labute approximate surface area is 95.2 Å². The van der Waals surface area contributed by atoms with Gasteiger partial charge in [-0.3, -0.25) is 0 Å². The first-order chi connectivity index (χ1) is 6.83. The Morgan fingerprint density at radius 1 is 0.867 bits per heavy atom. The molecule has 0 fully saturated rings. The third kappa shape index (κ3) is 9.91. The van der Waals surface area contributed by atoms with Crippen molar-refractivity contribution >= 4 is 8.56 Å². The van der Waals surface area contributed by atoms with E-state index in [0.717, 1.165) is 0 Å². The second-order valence-corrected chi connectivity index (χ2v) is 7.96. The average Bonchev–Trinajstić information content (AvgIpc) is 2.01. The van der Waals surface area contributed by atoms with Gasteiger partial charge in [0.05, 0.1) is 13.2 Å². The second-order valence-electron chi connectivity index (χ2n) is 4.58. The highest BCUT2D eigenvalue weighted by molar-refractivity contribution is 6.64. The Hall–Kier alpha value is -0.383. The molecule has 0 heterocycles. The number of hydrogen-bond donors (Lipinski definition) is 0. The quantitative estimate of drug-likeness (QED) is 0.510. The molecule has 0 aliphatic rings. The van der Waals surface area contributed by atoms with Gasteiger partial charge in [-0.1, -0.05) is 23.3 Å². The van der Waals surface area contributed by atoms with Crippen LogP contribution in [0, 0.1) is 0 Å². The lowest BCUT2D eigenvalue weighted by Gasteiger charge is -2.21. The smallest absolute Gasteiger partial charge is 0.332 e. The van der Waals surface area contributed by atoms with Crippen LogP contribution in [0.25, 0.3) is 0 Å². The first-order valence-electron chi connectivity index (χ1n) is 5.38. The van der Waals surface area contributed by atoms with E-state index >= 15 is 0 Å². The van der Waals surface area contributed by atoms with Crippen LogP contribution in [-0.4, -0.2) is 21.8 Å². The predicted octanol–water partition coefficient (Wildman–Crippen LogP) is 3.65. The molecule has 0 aliphatic carbocycles. The maximum absolute atomic E-state index is 5.73. The maximum atomic E-state index is 5.73. The van der Waals surface area contributed by atoms with Gasteiger partial charge in [-0.2, -0.15) is 0 Å². The first kappa shape index (κ1) is 14.6. The third-order valence-electron chi connectivity index (χ3n) is 1.85. The van der Waals surface area contributed by atoms with Gasteiger partial charge in [0.2, 0.25) is 0 Å². The Kier molecular flexibility index (Phi) is 6.81. The van der Waals surface area contributed by atoms with Gasteiger partial charge in [0, 0.05) is 0 Å². The minimum Gasteiger partial charge on any atom is -0.391 e. The summed E-state index contributed by atoms with van der Waals surface area (Å²) >= 11 is 0. The van der Waals surface area contributed by atoms with Crippen LogP contribution >= 0.6 is 0 Å². The fourth-order valence-electron chi connectivity index (χ4n) is 0.860. The van der Waals surface area contributed by atoms with E-state index in [-0.39, 0.29) is 0 Å². The second kappa shape index (κ2) is 6.98. The van der Waals surface area contributed by atoms with E-state index in [1.807, 2.05) is 0 Å². The van der Waals surface area contributed by atoms with E-state index in [1.54, 1.807) is 0 Å². The molecule has 0 rings (SSSR count). The van der Waals surface area contributed by atoms with Crippen molar-refractivity contribution in [1.29, 1.82) is 0 Å². The number of rotatable bonds is 6. The van der Waals surface area contributed by atoms with Crippen molar-refractivity contribution in [3.8, 4) is 0 Å². The molecule has 0 aromatic rings. The van der Waals surface area contributed by atoms with Crippen LogP contribution in [0.5, 0.6) is 0 Å². The lowest BCUT2D eigenvalue weighted by Crippen LogP contribution is -2.35. The highest BCUT2D eigenvalue weighted by atomic mass is 28.4. The molecule has 0 amide bonds. The van der Waals surface area contributed by atoms with Crippen LogP contribution in [0.4, 0.5) is 0 Å². The van der Waals surface area contributed by atoms with Gasteiger partial charge < -0.3 is 8.85 Å². The van der Waals surface area contributed by atoms with Crippen molar-refractivity contribution in [2.24, 2.45) is 0 Å². The molecule has 88 valence electrons. The van der Waals surface area contributed by atoms with E-state index in [9.17, 15) is 0 Å². The molecule has 0 aromatic heterocycles. The molecule has 0 unspecified atom stereocenters. The van der Waals surface area contributed by atoms with Gasteiger partial charge >= 0.3 is 8.56 Å². The van der Waals surface area contributed by atoms with Crippen LogP contribution in [0.15, 0.2) is 23.3 Å². The molecule has 2 nitrogen and oxygen atoms in total. The van der Waals surface area contributed by atoms with Crippen molar-refractivity contribution in [3.05, 3.63) is 23.3 Å². The van der Waals surface area contributed by atoms with Crippen molar-refractivity contribution in [2.75, 3.05) is 13.2 Å². The van der Waals surface area contributed by atoms with E-state index < -0.39 is 8.56 Å². The Morgan fingerprint density at radius 2 is 1.20 bits per heavy atom. The molecule has 0 spiro atoms. The summed E-state index contributed by atoms with van der Waals surface area (Å²) in [5, 5.41) is 0. The molecule has 0 aromatic carbocycles. The van der Waals surface area contributed by atoms with E-state index in [0.29, 0.717) is 13.2 Å². The summed E-state index contributed by atoms with van der Waals surface area (Å²) in [6.07, 6.45) is 4.16. The van der Waals surface area contributed by atoms with Crippen molar-refractivity contribution in [1.82, 2.24) is 0 Å². The summed E-state index contributed by atoms with van der Waals surface area (Å²) in [5.74, 6) is 0. The van der Waals surface area contributed by atoms with E-state index in [1.165, 1.54) is 11.1 Å². The van der Waals surface area contributed by atoms with Crippen molar-refractivity contribution in [3.63, 3.8) is 0 Å². The largest absolute Gasteiger partial charge is 0.391 e. The molecule has 0 saturated carbocycles. The molecule has 3 heteroatoms. The molecule has 0 saturated heterocycles. The van der Waals surface area contributed by atoms with Crippen LogP contribution < -0.4 is 0 Å². The minimum absolute atomic E-state index is 0.663. The summed E-state index contributed by atoms with van der Waals surface area (Å²) in [7, 11) is -1.93. The highest BCUT2D eigenvalue weighted by Gasteiger charge is 2.23. The Morgan fingerprint density at radius 3 is 1.47 bits per heavy atom. The van der Waals surface area contributed by atoms with Gasteiger partial charge in [0.15, 0.2) is 0 Å². The fourth-order valence-corrected chi connectivity index (χ4v) is 1.91. The normalized spacial score (nSPS) is 11.1. The van der Waals surface area contributed by atoms with Gasteiger partial charge in [-0.15, -0.1) is 0 Å². The molecule has 15 heavy (non-hydrogen) atoms. The first-order valence-corrected chi connectivity index (χ1v) is 8.20. The summed E-state index contributed by atoms with van der Waals surface area (Å²) in [4.78, 5) is 0. The molecular weight excluding hydrogens is 204 g/mol. The monoisotopic (exact) mass is 228 g/mol. The van der Waals surface area contributed by atoms with Gasteiger partial charge in [-0.05, 0) is 40.8 Å². The molecule has 0 aliphatic heterocycles. The van der Waals surface area contributed by atoms with E-state index in [2.05, 4.69) is 52.9 Å². The van der Waals surface area contributed by atoms with Gasteiger partial charge in [0.25, 0.3) is 0 Å². The minimum atomic E-state index is -1.93. The van der Waals surface area contributed by atoms with Crippen LogP contribution in [-0.2, 0) is 8.85 Å². The number of hydrogen-bond acceptors (Lipinski definition) is 2. The Balaban J connectivity index is 3.86. The average molecular weight is 228 g/mol. The summed E-state index contributed by atoms with van der Waals surface area (Å²) in [6, 6.07) is 0. The summed E-state index contributed by atoms with van der Waals surface area (Å²) < 4.78 is 11.5. The lowest BCUT2D eigenvalue weighted by atomic mass is 10.3. The molecule has 0 atom stereocenters. The standard InChI is InChI=1S/C12H24O2Si/c1-11(2)7-9-13-15(5,6)14-10-8-12(3)4/h7-8H,9-10H2,1-6H3. The summed E-state index contributed by atoms with van der Waals surface area (Å²) in [6.45, 7) is 13.8. The van der Waals surface area contributed by atoms with Crippen LogP contribution in [0.2, 0.25) is 13.1 Å². The molecule has 0 bridgehead atoms. The lowest BCUT2D eigenvalue weighted by molar-refractivity contribution is 0.213. The van der Waals surface area contributed by atoms with Crippen molar-refractivity contribution < 1.29 is 8.85 Å². The SMILES string of the molecule is CC(C)=CCO[Si](C)(C)OCC=C(C)C. The van der Waals surface area contributed by atoms with E-state index in [4.69, 9.17) is 8.85 Å². The van der Waals surface area contributed by atoms with Gasteiger partial charge in [0.1, 0.15) is 0 Å². The Bertz CT molecular complexity index is 210. The van der Waals surface area contributed by atoms with Crippen molar-refractivity contribution in [2.45, 2.75) is 40.8 Å². The summed E-state index contributed by atoms with van der Waals surface area (Å²) in [5.41, 5.74) is 2.56. The third-order valence-corrected chi connectivity index (χ3v) is 3.57. The topological polar surface area (TPSA) is 18.5 Å². The number of allylic oxidation sites excluding steroid dienone is 2. The highest BCUT2D eigenvalue weighted by Crippen LogP contribution is 2.07. The van der Waals surface area contributed by atoms with Gasteiger partial charge in [-0.25, -0.2) is 0 Å². The zero-order chi connectivity index (χ0) is 11.9. The molecule has 0 radical (unpaired) electrons. The zero-order valence-electron chi connectivity index (χ0n) is 10.9. The maximum Gasteiger partial charge on any atom is 0.332 e.